The average Bonchev–Trinajstić information content (AvgIpc) is 2.78. The number of ether oxygens (including phenoxy) is 1. The molecule has 39 heavy (non-hydrogen) atoms. The number of phenols is 1. The van der Waals surface area contributed by atoms with Gasteiger partial charge in [0.25, 0.3) is 0 Å². The lowest BCUT2D eigenvalue weighted by Crippen LogP contribution is -2.21. The lowest BCUT2D eigenvalue weighted by Gasteiger charge is -2.31. The van der Waals surface area contributed by atoms with E-state index in [2.05, 4.69) is 112 Å². The highest BCUT2D eigenvalue weighted by Crippen LogP contribution is 2.46. The van der Waals surface area contributed by atoms with Crippen LogP contribution in [0.2, 0.25) is 0 Å². The van der Waals surface area contributed by atoms with E-state index in [0.717, 1.165) is 33.7 Å². The number of hydrogen-bond donors (Lipinski definition) is 2. The van der Waals surface area contributed by atoms with Gasteiger partial charge in [-0.15, -0.1) is 0 Å². The zero-order valence-electron chi connectivity index (χ0n) is 26.3. The van der Waals surface area contributed by atoms with Crippen molar-refractivity contribution in [2.45, 2.75) is 118 Å². The molecule has 0 bridgehead atoms. The van der Waals surface area contributed by atoms with Gasteiger partial charge in [0.1, 0.15) is 5.75 Å². The largest absolute Gasteiger partial charge is 0.504 e. The first-order chi connectivity index (χ1) is 17.8. The maximum atomic E-state index is 11.5. The lowest BCUT2D eigenvalue weighted by molar-refractivity contribution is 0.383. The van der Waals surface area contributed by atoms with E-state index in [0.29, 0.717) is 18.8 Å². The van der Waals surface area contributed by atoms with Gasteiger partial charge in [0.2, 0.25) is 0 Å². The molecule has 4 heteroatoms. The summed E-state index contributed by atoms with van der Waals surface area (Å²) >= 11 is 0. The molecule has 2 N–H and O–H groups in total. The van der Waals surface area contributed by atoms with Gasteiger partial charge >= 0.3 is 0 Å². The van der Waals surface area contributed by atoms with E-state index in [1.54, 1.807) is 0 Å². The van der Waals surface area contributed by atoms with E-state index < -0.39 is 0 Å². The van der Waals surface area contributed by atoms with Crippen molar-refractivity contribution in [3.63, 3.8) is 0 Å². The number of phenolic OH excluding ortho intramolecular Hbond substituents is 1. The molecule has 1 aromatic heterocycles. The van der Waals surface area contributed by atoms with Gasteiger partial charge in [-0.1, -0.05) is 107 Å². The third kappa shape index (κ3) is 7.63. The quantitative estimate of drug-likeness (QED) is 0.334. The third-order valence-corrected chi connectivity index (χ3v) is 7.15. The summed E-state index contributed by atoms with van der Waals surface area (Å²) in [5, 5.41) is 15.1. The molecule has 0 atom stereocenters. The summed E-state index contributed by atoms with van der Waals surface area (Å²) in [5.41, 5.74) is 5.95. The van der Waals surface area contributed by atoms with E-state index in [-0.39, 0.29) is 27.4 Å². The zero-order chi connectivity index (χ0) is 29.4. The molecule has 4 nitrogen and oxygen atoms in total. The first-order valence-corrected chi connectivity index (χ1v) is 14.1. The maximum absolute atomic E-state index is 11.5. The van der Waals surface area contributed by atoms with Crippen molar-refractivity contribution in [1.82, 2.24) is 10.3 Å². The Bertz CT molecular complexity index is 1280. The molecule has 212 valence electrons. The van der Waals surface area contributed by atoms with Gasteiger partial charge in [0.15, 0.2) is 11.5 Å². The van der Waals surface area contributed by atoms with Crippen molar-refractivity contribution in [3.8, 4) is 17.2 Å². The van der Waals surface area contributed by atoms with Crippen LogP contribution < -0.4 is 10.1 Å². The van der Waals surface area contributed by atoms with Gasteiger partial charge in [-0.25, -0.2) is 0 Å². The van der Waals surface area contributed by atoms with E-state index >= 15 is 0 Å². The van der Waals surface area contributed by atoms with Crippen LogP contribution in [0.25, 0.3) is 0 Å². The molecule has 0 aliphatic rings. The molecule has 3 rings (SSSR count). The Morgan fingerprint density at radius 1 is 0.692 bits per heavy atom. The zero-order valence-corrected chi connectivity index (χ0v) is 26.3. The van der Waals surface area contributed by atoms with E-state index in [9.17, 15) is 5.11 Å². The minimum Gasteiger partial charge on any atom is -0.504 e. The molecule has 0 radical (unpaired) electrons. The van der Waals surface area contributed by atoms with Crippen molar-refractivity contribution in [3.05, 3.63) is 82.2 Å². The standard InChI is InChI=1S/C35H50N2O2/c1-32(2,3)24-17-23(21-36-22-26-15-13-14-16-37-26)31(28(19-24)35(10,11)12)39-29-20-25(33(4,5)6)18-27(30(29)38)34(7,8)9/h13-20,36,38H,21-22H2,1-12H3. The van der Waals surface area contributed by atoms with Crippen LogP contribution in [0, 0.1) is 0 Å². The van der Waals surface area contributed by atoms with Crippen LogP contribution in [0.5, 0.6) is 17.2 Å². The highest BCUT2D eigenvalue weighted by atomic mass is 16.5. The fourth-order valence-corrected chi connectivity index (χ4v) is 4.56. The fraction of sp³-hybridized carbons (Fsp3) is 0.514. The van der Waals surface area contributed by atoms with Gasteiger partial charge in [0.05, 0.1) is 5.69 Å². The van der Waals surface area contributed by atoms with E-state index in [4.69, 9.17) is 4.74 Å². The minimum atomic E-state index is -0.237. The number of nitrogens with one attached hydrogen (secondary N) is 1. The molecule has 0 aliphatic carbocycles. The minimum absolute atomic E-state index is 0.0258. The smallest absolute Gasteiger partial charge is 0.169 e. The number of pyridine rings is 1. The molecule has 0 unspecified atom stereocenters. The molecule has 0 spiro atoms. The van der Waals surface area contributed by atoms with Gasteiger partial charge in [-0.2, -0.15) is 0 Å². The summed E-state index contributed by atoms with van der Waals surface area (Å²) in [7, 11) is 0. The van der Waals surface area contributed by atoms with E-state index in [1.807, 2.05) is 30.5 Å². The molecule has 0 saturated heterocycles. The lowest BCUT2D eigenvalue weighted by atomic mass is 9.78. The summed E-state index contributed by atoms with van der Waals surface area (Å²) in [6.07, 6.45) is 1.82. The first-order valence-electron chi connectivity index (χ1n) is 14.1. The third-order valence-electron chi connectivity index (χ3n) is 7.15. The monoisotopic (exact) mass is 530 g/mol. The molecular weight excluding hydrogens is 480 g/mol. The summed E-state index contributed by atoms with van der Waals surface area (Å²) < 4.78 is 6.83. The Morgan fingerprint density at radius 2 is 1.26 bits per heavy atom. The van der Waals surface area contributed by atoms with Gasteiger partial charge in [-0.3, -0.25) is 4.98 Å². The second kappa shape index (κ2) is 11.0. The second-order valence-electron chi connectivity index (χ2n) is 14.9. The van der Waals surface area contributed by atoms with Gasteiger partial charge in [-0.05, 0) is 51.0 Å². The summed E-state index contributed by atoms with van der Waals surface area (Å²) in [4.78, 5) is 4.46. The predicted octanol–water partition coefficient (Wildman–Crippen LogP) is 9.06. The summed E-state index contributed by atoms with van der Waals surface area (Å²) in [5.74, 6) is 1.53. The van der Waals surface area contributed by atoms with Crippen LogP contribution in [0.3, 0.4) is 0 Å². The molecule has 1 heterocycles. The van der Waals surface area contributed by atoms with Crippen LogP contribution >= 0.6 is 0 Å². The Kier molecular flexibility index (Phi) is 8.63. The molecule has 3 aromatic rings. The number of rotatable bonds is 6. The van der Waals surface area contributed by atoms with Gasteiger partial charge in [0, 0.05) is 36.0 Å². The van der Waals surface area contributed by atoms with Crippen molar-refractivity contribution < 1.29 is 9.84 Å². The van der Waals surface area contributed by atoms with Crippen LogP contribution in [-0.4, -0.2) is 10.1 Å². The molecule has 0 aliphatic heterocycles. The number of aromatic nitrogens is 1. The van der Waals surface area contributed by atoms with Crippen molar-refractivity contribution in [1.29, 1.82) is 0 Å². The average molecular weight is 531 g/mol. The Morgan fingerprint density at radius 3 is 1.77 bits per heavy atom. The highest BCUT2D eigenvalue weighted by molar-refractivity contribution is 5.57. The predicted molar refractivity (Wildman–Crippen MR) is 164 cm³/mol. The Balaban J connectivity index is 2.21. The molecule has 2 aromatic carbocycles. The first kappa shape index (κ1) is 30.7. The van der Waals surface area contributed by atoms with Crippen LogP contribution in [-0.2, 0) is 34.7 Å². The number of hydrogen-bond acceptors (Lipinski definition) is 4. The number of benzene rings is 2. The fourth-order valence-electron chi connectivity index (χ4n) is 4.56. The highest BCUT2D eigenvalue weighted by Gasteiger charge is 2.30. The van der Waals surface area contributed by atoms with Crippen molar-refractivity contribution in [2.24, 2.45) is 0 Å². The normalized spacial score (nSPS) is 13.0. The van der Waals surface area contributed by atoms with Crippen LogP contribution in [0.15, 0.2) is 48.7 Å². The van der Waals surface area contributed by atoms with Gasteiger partial charge < -0.3 is 15.2 Å². The SMILES string of the molecule is CC(C)(C)c1cc(Oc2c(CNCc3ccccn3)cc(C(C)(C)C)cc2C(C)(C)C)c(O)c(C(C)(C)C)c1. The molecular formula is C35H50N2O2. The topological polar surface area (TPSA) is 54.4 Å². The summed E-state index contributed by atoms with van der Waals surface area (Å²) in [6.45, 7) is 27.6. The molecule has 0 saturated carbocycles. The van der Waals surface area contributed by atoms with Crippen molar-refractivity contribution >= 4 is 0 Å². The second-order valence-corrected chi connectivity index (χ2v) is 14.9. The Labute approximate surface area is 237 Å². The number of nitrogens with zero attached hydrogens (tertiary/aromatic N) is 1. The van der Waals surface area contributed by atoms with Crippen LogP contribution in [0.1, 0.15) is 117 Å². The Hall–Kier alpha value is -2.85. The summed E-state index contributed by atoms with van der Waals surface area (Å²) in [6, 6.07) is 14.7. The molecule has 0 fully saturated rings. The van der Waals surface area contributed by atoms with E-state index in [1.165, 1.54) is 5.56 Å². The van der Waals surface area contributed by atoms with Crippen molar-refractivity contribution in [2.75, 3.05) is 0 Å². The van der Waals surface area contributed by atoms with Crippen LogP contribution in [0.4, 0.5) is 0 Å². The number of aromatic hydroxyl groups is 1. The molecule has 0 amide bonds. The maximum Gasteiger partial charge on any atom is 0.169 e.